The third kappa shape index (κ3) is 4.67. The quantitative estimate of drug-likeness (QED) is 0.391. The Kier molecular flexibility index (Phi) is 6.61. The van der Waals surface area contributed by atoms with Gasteiger partial charge in [-0.05, 0) is 30.4 Å². The van der Waals surface area contributed by atoms with Gasteiger partial charge in [-0.25, -0.2) is 0 Å². The van der Waals surface area contributed by atoms with E-state index < -0.39 is 11.9 Å². The maximum atomic E-state index is 12.6. The molecule has 5 nitrogen and oxygen atoms in total. The third-order valence-electron chi connectivity index (χ3n) is 5.30. The smallest absolute Gasteiger partial charge is 0.250 e. The van der Waals surface area contributed by atoms with E-state index in [9.17, 15) is 15.0 Å². The van der Waals surface area contributed by atoms with Gasteiger partial charge >= 0.3 is 0 Å². The van der Waals surface area contributed by atoms with E-state index >= 15 is 0 Å². The Labute approximate surface area is 165 Å². The zero-order valence-electron chi connectivity index (χ0n) is 15.7. The van der Waals surface area contributed by atoms with Crippen molar-refractivity contribution in [3.63, 3.8) is 0 Å². The van der Waals surface area contributed by atoms with E-state index in [1.165, 1.54) is 11.1 Å². The minimum atomic E-state index is -1.44. The molecular formula is C23H26N2O3. The minimum Gasteiger partial charge on any atom is -0.509 e. The molecule has 5 heteroatoms. The van der Waals surface area contributed by atoms with Crippen LogP contribution in [0.15, 0.2) is 72.5 Å². The molecule has 1 aliphatic rings. The van der Waals surface area contributed by atoms with Gasteiger partial charge in [0.05, 0.1) is 0 Å². The number of hydrogen-bond acceptors (Lipinski definition) is 4. The molecule has 2 aromatic rings. The van der Waals surface area contributed by atoms with E-state index in [2.05, 4.69) is 24.3 Å². The third-order valence-corrected chi connectivity index (χ3v) is 5.30. The standard InChI is InChI=1S/C23H26N2O3/c24-16-22(27)21(26)15-23(28)25-13-7-12-19(25)14-20(17-8-3-1-4-9-17)18-10-5-2-6-11-18/h1-6,8-11,15-16,19-20,22,24,26-27H,7,12-14H2/b21-15-,24-16?/t19-,22?/m1/s1. The van der Waals surface area contributed by atoms with Crippen molar-refractivity contribution < 1.29 is 15.0 Å². The second-order valence-corrected chi connectivity index (χ2v) is 7.12. The fraction of sp³-hybridized carbons (Fsp3) is 0.304. The van der Waals surface area contributed by atoms with Gasteiger partial charge in [-0.3, -0.25) is 4.79 Å². The number of carbonyl (C=O) groups excluding carboxylic acids is 1. The normalized spacial score (nSPS) is 18.3. The molecule has 1 heterocycles. The first-order chi connectivity index (χ1) is 13.6. The number of aliphatic hydroxyl groups excluding tert-OH is 2. The highest BCUT2D eigenvalue weighted by Crippen LogP contribution is 2.34. The summed E-state index contributed by atoms with van der Waals surface area (Å²) in [5, 5.41) is 26.3. The Morgan fingerprint density at radius 1 is 1.11 bits per heavy atom. The van der Waals surface area contributed by atoms with Crippen molar-refractivity contribution in [1.29, 1.82) is 5.41 Å². The summed E-state index contributed by atoms with van der Waals surface area (Å²) in [6.07, 6.45) is 2.90. The van der Waals surface area contributed by atoms with Crippen molar-refractivity contribution in [3.05, 3.63) is 83.6 Å². The lowest BCUT2D eigenvalue weighted by atomic mass is 9.85. The van der Waals surface area contributed by atoms with Gasteiger partial charge in [0.25, 0.3) is 0 Å². The minimum absolute atomic E-state index is 0.0547. The van der Waals surface area contributed by atoms with Crippen molar-refractivity contribution in [3.8, 4) is 0 Å². The Morgan fingerprint density at radius 2 is 1.68 bits per heavy atom. The summed E-state index contributed by atoms with van der Waals surface area (Å²) in [7, 11) is 0. The van der Waals surface area contributed by atoms with Crippen LogP contribution in [-0.4, -0.2) is 45.9 Å². The summed E-state index contributed by atoms with van der Waals surface area (Å²) < 4.78 is 0. The average molecular weight is 378 g/mol. The molecule has 146 valence electrons. The summed E-state index contributed by atoms with van der Waals surface area (Å²) >= 11 is 0. The second-order valence-electron chi connectivity index (χ2n) is 7.12. The molecule has 0 saturated carbocycles. The number of likely N-dealkylation sites (tertiary alicyclic amines) is 1. The number of aliphatic hydroxyl groups is 2. The van der Waals surface area contributed by atoms with Crippen molar-refractivity contribution in [2.75, 3.05) is 6.54 Å². The van der Waals surface area contributed by atoms with Crippen LogP contribution in [0.1, 0.15) is 36.3 Å². The van der Waals surface area contributed by atoms with E-state index in [4.69, 9.17) is 5.41 Å². The van der Waals surface area contributed by atoms with Gasteiger partial charge < -0.3 is 20.5 Å². The molecule has 1 fully saturated rings. The molecule has 2 aromatic carbocycles. The van der Waals surface area contributed by atoms with Crippen molar-refractivity contribution in [1.82, 2.24) is 4.90 Å². The van der Waals surface area contributed by atoms with Crippen LogP contribution >= 0.6 is 0 Å². The van der Waals surface area contributed by atoms with Crippen LogP contribution in [0.25, 0.3) is 0 Å². The monoisotopic (exact) mass is 378 g/mol. The topological polar surface area (TPSA) is 84.6 Å². The van der Waals surface area contributed by atoms with E-state index in [0.29, 0.717) is 12.8 Å². The zero-order valence-corrected chi connectivity index (χ0v) is 15.7. The number of hydrogen-bond donors (Lipinski definition) is 3. The molecule has 0 aromatic heterocycles. The van der Waals surface area contributed by atoms with Crippen LogP contribution in [-0.2, 0) is 4.79 Å². The Hall–Kier alpha value is -2.92. The van der Waals surface area contributed by atoms with Crippen LogP contribution in [0.3, 0.4) is 0 Å². The number of nitrogens with one attached hydrogen (secondary N) is 1. The zero-order chi connectivity index (χ0) is 19.9. The summed E-state index contributed by atoms with van der Waals surface area (Å²) in [4.78, 5) is 14.4. The molecular weight excluding hydrogens is 352 g/mol. The fourth-order valence-electron chi connectivity index (χ4n) is 3.86. The molecule has 3 rings (SSSR count). The number of carbonyl (C=O) groups is 1. The van der Waals surface area contributed by atoms with E-state index in [-0.39, 0.29) is 17.9 Å². The van der Waals surface area contributed by atoms with Crippen LogP contribution in [0.5, 0.6) is 0 Å². The molecule has 2 atom stereocenters. The molecule has 0 radical (unpaired) electrons. The lowest BCUT2D eigenvalue weighted by Gasteiger charge is -2.28. The first kappa shape index (κ1) is 19.8. The Morgan fingerprint density at radius 3 is 2.21 bits per heavy atom. The van der Waals surface area contributed by atoms with E-state index in [0.717, 1.165) is 25.3 Å². The first-order valence-electron chi connectivity index (χ1n) is 9.60. The maximum absolute atomic E-state index is 12.6. The molecule has 1 saturated heterocycles. The molecule has 0 spiro atoms. The fourth-order valence-corrected chi connectivity index (χ4v) is 3.86. The summed E-state index contributed by atoms with van der Waals surface area (Å²) in [5.74, 6) is -0.639. The maximum Gasteiger partial charge on any atom is 0.250 e. The molecule has 1 aliphatic heterocycles. The number of nitrogens with zero attached hydrogens (tertiary/aromatic N) is 1. The van der Waals surface area contributed by atoms with Crippen LogP contribution in [0.2, 0.25) is 0 Å². The lowest BCUT2D eigenvalue weighted by Crippen LogP contribution is -2.36. The lowest BCUT2D eigenvalue weighted by molar-refractivity contribution is -0.127. The van der Waals surface area contributed by atoms with Gasteiger partial charge in [0.1, 0.15) is 11.9 Å². The van der Waals surface area contributed by atoms with Crippen molar-refractivity contribution >= 4 is 12.1 Å². The second kappa shape index (κ2) is 9.33. The van der Waals surface area contributed by atoms with Crippen molar-refractivity contribution in [2.45, 2.75) is 37.3 Å². The summed E-state index contributed by atoms with van der Waals surface area (Å²) in [5.41, 5.74) is 2.43. The molecule has 0 aliphatic carbocycles. The predicted molar refractivity (Wildman–Crippen MR) is 110 cm³/mol. The molecule has 1 amide bonds. The Bertz CT molecular complexity index is 781. The predicted octanol–water partition coefficient (Wildman–Crippen LogP) is 3.65. The highest BCUT2D eigenvalue weighted by molar-refractivity contribution is 5.89. The molecule has 28 heavy (non-hydrogen) atoms. The largest absolute Gasteiger partial charge is 0.509 e. The van der Waals surface area contributed by atoms with Gasteiger partial charge in [-0.2, -0.15) is 0 Å². The highest BCUT2D eigenvalue weighted by Gasteiger charge is 2.31. The molecule has 0 bridgehead atoms. The SMILES string of the molecule is N=CC(O)/C(O)=C/C(=O)N1CCC[C@@H]1CC(c1ccccc1)c1ccccc1. The van der Waals surface area contributed by atoms with Gasteiger partial charge in [0, 0.05) is 30.8 Å². The van der Waals surface area contributed by atoms with Crippen LogP contribution in [0, 0.1) is 5.41 Å². The molecule has 1 unspecified atom stereocenters. The van der Waals surface area contributed by atoms with E-state index in [1.807, 2.05) is 36.4 Å². The van der Waals surface area contributed by atoms with Crippen molar-refractivity contribution in [2.24, 2.45) is 0 Å². The average Bonchev–Trinajstić information content (AvgIpc) is 3.21. The number of benzene rings is 2. The molecule has 3 N–H and O–H groups in total. The highest BCUT2D eigenvalue weighted by atomic mass is 16.3. The van der Waals surface area contributed by atoms with Crippen LogP contribution < -0.4 is 0 Å². The van der Waals surface area contributed by atoms with Gasteiger partial charge in [0.15, 0.2) is 0 Å². The first-order valence-corrected chi connectivity index (χ1v) is 9.60. The van der Waals surface area contributed by atoms with Crippen LogP contribution in [0.4, 0.5) is 0 Å². The van der Waals surface area contributed by atoms with Gasteiger partial charge in [-0.15, -0.1) is 0 Å². The Balaban J connectivity index is 1.82. The van der Waals surface area contributed by atoms with Gasteiger partial charge in [0.2, 0.25) is 5.91 Å². The summed E-state index contributed by atoms with van der Waals surface area (Å²) in [6, 6.07) is 20.6. The van der Waals surface area contributed by atoms with E-state index in [1.54, 1.807) is 4.90 Å². The number of amides is 1. The number of rotatable bonds is 7. The summed E-state index contributed by atoms with van der Waals surface area (Å²) in [6.45, 7) is 0.629. The van der Waals surface area contributed by atoms with Gasteiger partial charge in [-0.1, -0.05) is 60.7 Å².